The van der Waals surface area contributed by atoms with Gasteiger partial charge in [0.05, 0.1) is 11.2 Å². The summed E-state index contributed by atoms with van der Waals surface area (Å²) >= 11 is 3.36. The molecule has 1 N–H and O–H groups in total. The van der Waals surface area contributed by atoms with Gasteiger partial charge in [-0.15, -0.1) is 0 Å². The second-order valence-corrected chi connectivity index (χ2v) is 6.04. The van der Waals surface area contributed by atoms with E-state index in [0.717, 1.165) is 21.1 Å². The van der Waals surface area contributed by atoms with E-state index in [4.69, 9.17) is 4.74 Å². The molecule has 5 heteroatoms. The van der Waals surface area contributed by atoms with Crippen molar-refractivity contribution in [3.63, 3.8) is 0 Å². The Labute approximate surface area is 142 Å². The highest BCUT2D eigenvalue weighted by Gasteiger charge is 2.08. The summed E-state index contributed by atoms with van der Waals surface area (Å²) in [6.45, 7) is 1.87. The van der Waals surface area contributed by atoms with E-state index in [1.807, 2.05) is 49.4 Å². The smallest absolute Gasteiger partial charge is 0.262 e. The number of benzene rings is 2. The Morgan fingerprint density at radius 2 is 1.91 bits per heavy atom. The molecule has 0 fully saturated rings. The predicted octanol–water partition coefficient (Wildman–Crippen LogP) is 4.32. The first kappa shape index (κ1) is 15.5. The number of ether oxygens (including phenoxy) is 1. The van der Waals surface area contributed by atoms with Crippen molar-refractivity contribution in [2.24, 2.45) is 0 Å². The quantitative estimate of drug-likeness (QED) is 0.743. The number of aryl methyl sites for hydroxylation is 1. The Morgan fingerprint density at radius 3 is 2.70 bits per heavy atom. The van der Waals surface area contributed by atoms with Gasteiger partial charge in [0.2, 0.25) is 0 Å². The molecule has 1 aromatic heterocycles. The number of para-hydroxylation sites is 1. The monoisotopic (exact) mass is 370 g/mol. The summed E-state index contributed by atoms with van der Waals surface area (Å²) in [5.41, 5.74) is 2.38. The normalized spacial score (nSPS) is 10.5. The van der Waals surface area contributed by atoms with Gasteiger partial charge in [-0.25, -0.2) is 0 Å². The lowest BCUT2D eigenvalue weighted by molar-refractivity contribution is -0.118. The Balaban J connectivity index is 1.70. The minimum Gasteiger partial charge on any atom is -0.484 e. The van der Waals surface area contributed by atoms with Crippen LogP contribution in [-0.4, -0.2) is 17.5 Å². The molecule has 0 aliphatic heterocycles. The van der Waals surface area contributed by atoms with Crippen molar-refractivity contribution in [2.45, 2.75) is 6.92 Å². The van der Waals surface area contributed by atoms with Crippen LogP contribution < -0.4 is 10.1 Å². The van der Waals surface area contributed by atoms with Crippen LogP contribution in [0.25, 0.3) is 10.9 Å². The Kier molecular flexibility index (Phi) is 4.57. The second kappa shape index (κ2) is 6.79. The molecule has 1 amide bonds. The number of amides is 1. The average molecular weight is 371 g/mol. The molecule has 0 bridgehead atoms. The van der Waals surface area contributed by atoms with Gasteiger partial charge in [-0.1, -0.05) is 34.1 Å². The molecule has 23 heavy (non-hydrogen) atoms. The van der Waals surface area contributed by atoms with E-state index in [1.165, 1.54) is 0 Å². The molecule has 116 valence electrons. The summed E-state index contributed by atoms with van der Waals surface area (Å²) in [4.78, 5) is 16.6. The Bertz CT molecular complexity index is 847. The Morgan fingerprint density at radius 1 is 1.13 bits per heavy atom. The number of fused-ring (bicyclic) bond motifs is 1. The maximum absolute atomic E-state index is 12.1. The molecule has 3 rings (SSSR count). The van der Waals surface area contributed by atoms with Gasteiger partial charge in [0.1, 0.15) is 5.75 Å². The molecule has 0 radical (unpaired) electrons. The molecular formula is C18H15BrN2O2. The second-order valence-electron chi connectivity index (χ2n) is 5.12. The summed E-state index contributed by atoms with van der Waals surface area (Å²) in [6.07, 6.45) is 0. The summed E-state index contributed by atoms with van der Waals surface area (Å²) in [5, 5.41) is 3.85. The molecule has 0 spiro atoms. The van der Waals surface area contributed by atoms with Crippen LogP contribution in [0.1, 0.15) is 5.69 Å². The fourth-order valence-corrected chi connectivity index (χ4v) is 2.48. The van der Waals surface area contributed by atoms with Crippen LogP contribution in [0.3, 0.4) is 0 Å². The summed E-state index contributed by atoms with van der Waals surface area (Å²) in [7, 11) is 0. The number of pyridine rings is 1. The SMILES string of the molecule is Cc1ccc2cccc(NC(=O)COc3ccc(Br)cc3)c2n1. The molecule has 4 nitrogen and oxygen atoms in total. The first-order valence-corrected chi connectivity index (χ1v) is 7.96. The molecule has 1 heterocycles. The van der Waals surface area contributed by atoms with Crippen LogP contribution in [0.4, 0.5) is 5.69 Å². The van der Waals surface area contributed by atoms with Crippen LogP contribution in [0.5, 0.6) is 5.75 Å². The van der Waals surface area contributed by atoms with Gasteiger partial charge in [-0.3, -0.25) is 9.78 Å². The predicted molar refractivity (Wildman–Crippen MR) is 94.7 cm³/mol. The van der Waals surface area contributed by atoms with Crippen molar-refractivity contribution in [1.29, 1.82) is 0 Å². The van der Waals surface area contributed by atoms with Crippen LogP contribution in [0, 0.1) is 6.92 Å². The van der Waals surface area contributed by atoms with E-state index in [-0.39, 0.29) is 12.5 Å². The van der Waals surface area contributed by atoms with E-state index in [2.05, 4.69) is 26.2 Å². The van der Waals surface area contributed by atoms with Gasteiger partial charge >= 0.3 is 0 Å². The van der Waals surface area contributed by atoms with Crippen LogP contribution in [0.2, 0.25) is 0 Å². The molecule has 0 atom stereocenters. The topological polar surface area (TPSA) is 51.2 Å². The summed E-state index contributed by atoms with van der Waals surface area (Å²) < 4.78 is 6.44. The number of hydrogen-bond donors (Lipinski definition) is 1. The lowest BCUT2D eigenvalue weighted by atomic mass is 10.1. The van der Waals surface area contributed by atoms with Gasteiger partial charge in [0, 0.05) is 15.6 Å². The highest BCUT2D eigenvalue weighted by atomic mass is 79.9. The van der Waals surface area contributed by atoms with Gasteiger partial charge < -0.3 is 10.1 Å². The highest BCUT2D eigenvalue weighted by Crippen LogP contribution is 2.22. The van der Waals surface area contributed by atoms with E-state index in [9.17, 15) is 4.79 Å². The number of nitrogens with zero attached hydrogens (tertiary/aromatic N) is 1. The molecule has 0 unspecified atom stereocenters. The number of rotatable bonds is 4. The van der Waals surface area contributed by atoms with Gasteiger partial charge in [-0.05, 0) is 43.3 Å². The fourth-order valence-electron chi connectivity index (χ4n) is 2.21. The van der Waals surface area contributed by atoms with Crippen molar-refractivity contribution >= 4 is 38.4 Å². The standard InChI is InChI=1S/C18H15BrN2O2/c1-12-5-6-13-3-2-4-16(18(13)20-12)21-17(22)11-23-15-9-7-14(19)8-10-15/h2-10H,11H2,1H3,(H,21,22). The lowest BCUT2D eigenvalue weighted by Crippen LogP contribution is -2.20. The highest BCUT2D eigenvalue weighted by molar-refractivity contribution is 9.10. The molecule has 0 aliphatic rings. The van der Waals surface area contributed by atoms with E-state index in [1.54, 1.807) is 12.1 Å². The van der Waals surface area contributed by atoms with Crippen LogP contribution in [-0.2, 0) is 4.79 Å². The molecule has 0 saturated carbocycles. The van der Waals surface area contributed by atoms with Gasteiger partial charge in [0.15, 0.2) is 6.61 Å². The van der Waals surface area contributed by atoms with Crippen molar-refractivity contribution in [1.82, 2.24) is 4.98 Å². The largest absolute Gasteiger partial charge is 0.484 e. The molecular weight excluding hydrogens is 356 g/mol. The van der Waals surface area contributed by atoms with E-state index < -0.39 is 0 Å². The summed E-state index contributed by atoms with van der Waals surface area (Å²) in [6, 6.07) is 17.0. The number of aromatic nitrogens is 1. The number of anilines is 1. The van der Waals surface area contributed by atoms with E-state index in [0.29, 0.717) is 11.4 Å². The molecule has 0 saturated heterocycles. The maximum atomic E-state index is 12.1. The van der Waals surface area contributed by atoms with Crippen molar-refractivity contribution < 1.29 is 9.53 Å². The fraction of sp³-hybridized carbons (Fsp3) is 0.111. The Hall–Kier alpha value is -2.40. The lowest BCUT2D eigenvalue weighted by Gasteiger charge is -2.10. The van der Waals surface area contributed by atoms with Gasteiger partial charge in [0.25, 0.3) is 5.91 Å². The van der Waals surface area contributed by atoms with Crippen molar-refractivity contribution in [3.05, 3.63) is 64.8 Å². The molecule has 0 aliphatic carbocycles. The zero-order valence-electron chi connectivity index (χ0n) is 12.5. The van der Waals surface area contributed by atoms with E-state index >= 15 is 0 Å². The third-order valence-corrected chi connectivity index (χ3v) is 3.85. The number of carbonyl (C=O) groups excluding carboxylic acids is 1. The average Bonchev–Trinajstić information content (AvgIpc) is 2.55. The van der Waals surface area contributed by atoms with Gasteiger partial charge in [-0.2, -0.15) is 0 Å². The first-order chi connectivity index (χ1) is 11.1. The third-order valence-electron chi connectivity index (χ3n) is 3.32. The van der Waals surface area contributed by atoms with Crippen molar-refractivity contribution in [2.75, 3.05) is 11.9 Å². The first-order valence-electron chi connectivity index (χ1n) is 7.16. The summed E-state index contributed by atoms with van der Waals surface area (Å²) in [5.74, 6) is 0.430. The number of nitrogens with one attached hydrogen (secondary N) is 1. The molecule has 2 aromatic carbocycles. The van der Waals surface area contributed by atoms with Crippen molar-refractivity contribution in [3.8, 4) is 5.75 Å². The minimum absolute atomic E-state index is 0.0518. The zero-order chi connectivity index (χ0) is 16.2. The van der Waals surface area contributed by atoms with Crippen LogP contribution in [0.15, 0.2) is 59.1 Å². The number of carbonyl (C=O) groups is 1. The third kappa shape index (κ3) is 3.87. The van der Waals surface area contributed by atoms with Crippen LogP contribution >= 0.6 is 15.9 Å². The number of hydrogen-bond acceptors (Lipinski definition) is 3. The number of halogens is 1. The zero-order valence-corrected chi connectivity index (χ0v) is 14.1. The minimum atomic E-state index is -0.219. The molecule has 3 aromatic rings. The maximum Gasteiger partial charge on any atom is 0.262 e.